The van der Waals surface area contributed by atoms with Crippen molar-refractivity contribution in [3.63, 3.8) is 0 Å². The van der Waals surface area contributed by atoms with Crippen LogP contribution in [0.25, 0.3) is 0 Å². The lowest BCUT2D eigenvalue weighted by Gasteiger charge is -2.18. The first kappa shape index (κ1) is 15.4. The van der Waals surface area contributed by atoms with Gasteiger partial charge < -0.3 is 9.47 Å². The quantitative estimate of drug-likeness (QED) is 0.738. The van der Waals surface area contributed by atoms with E-state index in [1.54, 1.807) is 6.20 Å². The summed E-state index contributed by atoms with van der Waals surface area (Å²) in [5.74, 6) is 3.02. The zero-order valence-electron chi connectivity index (χ0n) is 13.9. The topological polar surface area (TPSA) is 31.4 Å². The van der Waals surface area contributed by atoms with Crippen LogP contribution < -0.4 is 9.47 Å². The molecule has 24 heavy (non-hydrogen) atoms. The van der Waals surface area contributed by atoms with Gasteiger partial charge in [-0.1, -0.05) is 25.1 Å². The van der Waals surface area contributed by atoms with E-state index in [-0.39, 0.29) is 0 Å². The summed E-state index contributed by atoms with van der Waals surface area (Å²) in [5.41, 5.74) is 2.42. The number of hydrogen-bond donors (Lipinski definition) is 0. The molecule has 1 aromatic carbocycles. The van der Waals surface area contributed by atoms with Gasteiger partial charge in [0.2, 0.25) is 12.7 Å². The first-order valence-corrected chi connectivity index (χ1v) is 8.70. The molecular formula is C20H22FNO2. The molecule has 1 saturated carbocycles. The maximum absolute atomic E-state index is 13.0. The second-order valence-corrected chi connectivity index (χ2v) is 7.01. The maximum Gasteiger partial charge on any atom is 0.231 e. The Morgan fingerprint density at radius 1 is 1.21 bits per heavy atom. The molecule has 4 heteroatoms. The van der Waals surface area contributed by atoms with E-state index in [2.05, 4.69) is 18.0 Å². The van der Waals surface area contributed by atoms with Crippen molar-refractivity contribution in [2.45, 2.75) is 44.4 Å². The van der Waals surface area contributed by atoms with Crippen molar-refractivity contribution in [1.29, 1.82) is 0 Å². The summed E-state index contributed by atoms with van der Waals surface area (Å²) in [5, 5.41) is 0. The van der Waals surface area contributed by atoms with Crippen LogP contribution in [0.4, 0.5) is 4.39 Å². The van der Waals surface area contributed by atoms with E-state index in [0.29, 0.717) is 24.5 Å². The molecule has 0 amide bonds. The van der Waals surface area contributed by atoms with Gasteiger partial charge in [-0.2, -0.15) is 4.39 Å². The largest absolute Gasteiger partial charge is 0.454 e. The summed E-state index contributed by atoms with van der Waals surface area (Å²) < 4.78 is 24.1. The fourth-order valence-corrected chi connectivity index (χ4v) is 4.19. The molecule has 0 radical (unpaired) electrons. The first-order chi connectivity index (χ1) is 11.7. The highest BCUT2D eigenvalue weighted by atomic mass is 19.1. The summed E-state index contributed by atoms with van der Waals surface area (Å²) in [4.78, 5) is 3.80. The molecule has 4 rings (SSSR count). The van der Waals surface area contributed by atoms with Gasteiger partial charge in [0.25, 0.3) is 0 Å². The number of pyridine rings is 1. The fourth-order valence-electron chi connectivity index (χ4n) is 4.19. The summed E-state index contributed by atoms with van der Waals surface area (Å²) in [6, 6.07) is 9.51. The van der Waals surface area contributed by atoms with Crippen LogP contribution in [0.1, 0.15) is 55.6 Å². The standard InChI is InChI=1S/C20H22FNO2/c1-13(17-3-2-4-18-20(17)24-12-23-18)9-14-5-6-15(10-14)16-7-8-19(21)22-11-16/h2-4,7-8,11,13-15H,5-6,9-10,12H2,1H3/t13-,14+,15+/m0/s1. The molecular weight excluding hydrogens is 305 g/mol. The highest BCUT2D eigenvalue weighted by Crippen LogP contribution is 2.45. The number of hydrogen-bond acceptors (Lipinski definition) is 3. The van der Waals surface area contributed by atoms with Crippen molar-refractivity contribution < 1.29 is 13.9 Å². The van der Waals surface area contributed by atoms with Gasteiger partial charge >= 0.3 is 0 Å². The molecule has 0 N–H and O–H groups in total. The smallest absolute Gasteiger partial charge is 0.231 e. The zero-order chi connectivity index (χ0) is 16.5. The van der Waals surface area contributed by atoms with E-state index < -0.39 is 5.95 Å². The van der Waals surface area contributed by atoms with Crippen LogP contribution in [-0.4, -0.2) is 11.8 Å². The zero-order valence-corrected chi connectivity index (χ0v) is 13.9. The number of ether oxygens (including phenoxy) is 2. The van der Waals surface area contributed by atoms with E-state index in [4.69, 9.17) is 9.47 Å². The van der Waals surface area contributed by atoms with E-state index in [1.165, 1.54) is 23.6 Å². The van der Waals surface area contributed by atoms with Gasteiger partial charge in [-0.05, 0) is 61.1 Å². The van der Waals surface area contributed by atoms with Gasteiger partial charge in [0.15, 0.2) is 11.5 Å². The van der Waals surface area contributed by atoms with Crippen molar-refractivity contribution in [3.8, 4) is 11.5 Å². The van der Waals surface area contributed by atoms with Crippen LogP contribution in [-0.2, 0) is 0 Å². The lowest BCUT2D eigenvalue weighted by molar-refractivity contribution is 0.173. The lowest BCUT2D eigenvalue weighted by Crippen LogP contribution is -2.04. The van der Waals surface area contributed by atoms with Gasteiger partial charge in [-0.3, -0.25) is 0 Å². The van der Waals surface area contributed by atoms with Gasteiger partial charge in [0.05, 0.1) is 0 Å². The average molecular weight is 327 g/mol. The lowest BCUT2D eigenvalue weighted by atomic mass is 9.87. The Morgan fingerprint density at radius 3 is 2.96 bits per heavy atom. The first-order valence-electron chi connectivity index (χ1n) is 8.70. The minimum absolute atomic E-state index is 0.322. The average Bonchev–Trinajstić information content (AvgIpc) is 3.24. The highest BCUT2D eigenvalue weighted by molar-refractivity contribution is 5.49. The molecule has 2 aliphatic rings. The monoisotopic (exact) mass is 327 g/mol. The predicted molar refractivity (Wildman–Crippen MR) is 89.9 cm³/mol. The third-order valence-electron chi connectivity index (χ3n) is 5.41. The maximum atomic E-state index is 13.0. The van der Waals surface area contributed by atoms with Crippen LogP contribution in [0.5, 0.6) is 11.5 Å². The van der Waals surface area contributed by atoms with Crippen molar-refractivity contribution in [2.24, 2.45) is 5.92 Å². The number of fused-ring (bicyclic) bond motifs is 1. The molecule has 0 bridgehead atoms. The van der Waals surface area contributed by atoms with Gasteiger partial charge in [0, 0.05) is 11.8 Å². The van der Waals surface area contributed by atoms with Crippen LogP contribution >= 0.6 is 0 Å². The molecule has 2 heterocycles. The van der Waals surface area contributed by atoms with Crippen LogP contribution in [0, 0.1) is 11.9 Å². The SMILES string of the molecule is C[C@@H](C[C@H]1CC[C@@H](c2ccc(F)nc2)C1)c1cccc2c1OCO2. The Kier molecular flexibility index (Phi) is 4.13. The molecule has 2 aromatic rings. The number of halogens is 1. The van der Waals surface area contributed by atoms with Gasteiger partial charge in [-0.25, -0.2) is 4.98 Å². The third kappa shape index (κ3) is 2.97. The summed E-state index contributed by atoms with van der Waals surface area (Å²) >= 11 is 0. The van der Waals surface area contributed by atoms with Crippen molar-refractivity contribution >= 4 is 0 Å². The Bertz CT molecular complexity index is 716. The van der Waals surface area contributed by atoms with E-state index in [1.807, 2.05) is 18.2 Å². The molecule has 1 aromatic heterocycles. The molecule has 1 fully saturated rings. The minimum atomic E-state index is -0.401. The van der Waals surface area contributed by atoms with Crippen LogP contribution in [0.2, 0.25) is 0 Å². The normalized spacial score (nSPS) is 23.4. The molecule has 1 aliphatic heterocycles. The third-order valence-corrected chi connectivity index (χ3v) is 5.41. The minimum Gasteiger partial charge on any atom is -0.454 e. The summed E-state index contributed by atoms with van der Waals surface area (Å²) in [7, 11) is 0. The molecule has 1 aliphatic carbocycles. The van der Waals surface area contributed by atoms with Crippen LogP contribution in [0.15, 0.2) is 36.5 Å². The number of rotatable bonds is 4. The number of para-hydroxylation sites is 1. The van der Waals surface area contributed by atoms with E-state index in [9.17, 15) is 4.39 Å². The van der Waals surface area contributed by atoms with Crippen molar-refractivity contribution in [2.75, 3.05) is 6.79 Å². The van der Waals surface area contributed by atoms with Gasteiger partial charge in [-0.15, -0.1) is 0 Å². The Balaban J connectivity index is 1.41. The Labute approximate surface area is 141 Å². The fraction of sp³-hybridized carbons (Fsp3) is 0.450. The molecule has 0 unspecified atom stereocenters. The summed E-state index contributed by atoms with van der Waals surface area (Å²) in [6.45, 7) is 2.59. The summed E-state index contributed by atoms with van der Waals surface area (Å²) in [6.07, 6.45) is 6.38. The molecule has 0 saturated heterocycles. The second kappa shape index (κ2) is 6.42. The number of benzene rings is 1. The van der Waals surface area contributed by atoms with Crippen molar-refractivity contribution in [3.05, 3.63) is 53.6 Å². The molecule has 0 spiro atoms. The van der Waals surface area contributed by atoms with Gasteiger partial charge in [0.1, 0.15) is 0 Å². The molecule has 126 valence electrons. The highest BCUT2D eigenvalue weighted by Gasteiger charge is 2.29. The Hall–Kier alpha value is -2.10. The van der Waals surface area contributed by atoms with Crippen molar-refractivity contribution in [1.82, 2.24) is 4.98 Å². The van der Waals surface area contributed by atoms with E-state index in [0.717, 1.165) is 30.8 Å². The molecule has 3 nitrogen and oxygen atoms in total. The van der Waals surface area contributed by atoms with Crippen LogP contribution in [0.3, 0.4) is 0 Å². The predicted octanol–water partition coefficient (Wildman–Crippen LogP) is 5.03. The second-order valence-electron chi connectivity index (χ2n) is 7.01. The van der Waals surface area contributed by atoms with E-state index >= 15 is 0 Å². The number of nitrogens with zero attached hydrogens (tertiary/aromatic N) is 1. The Morgan fingerprint density at radius 2 is 2.12 bits per heavy atom. The number of aromatic nitrogens is 1. The molecule has 3 atom stereocenters.